The molecule has 9 heteroatoms. The molecule has 0 spiro atoms. The summed E-state index contributed by atoms with van der Waals surface area (Å²) in [7, 11) is 0. The predicted octanol–water partition coefficient (Wildman–Crippen LogP) is 7.50. The highest BCUT2D eigenvalue weighted by Gasteiger charge is 2.20. The van der Waals surface area contributed by atoms with Crippen LogP contribution < -0.4 is 10.1 Å². The number of rotatable bonds is 9. The van der Waals surface area contributed by atoms with E-state index in [9.17, 15) is 14.3 Å². The molecule has 182 valence electrons. The molecule has 2 N–H and O–H groups in total. The Hall–Kier alpha value is -3.30. The van der Waals surface area contributed by atoms with Crippen molar-refractivity contribution in [3.05, 3.63) is 64.2 Å². The molecule has 6 nitrogen and oxygen atoms in total. The van der Waals surface area contributed by atoms with E-state index in [0.717, 1.165) is 27.3 Å². The van der Waals surface area contributed by atoms with Crippen LogP contribution in [0.3, 0.4) is 0 Å². The number of pyridine rings is 1. The third kappa shape index (κ3) is 5.86. The maximum Gasteiger partial charge on any atom is 0.339 e. The van der Waals surface area contributed by atoms with Gasteiger partial charge >= 0.3 is 5.97 Å². The van der Waals surface area contributed by atoms with E-state index in [1.807, 2.05) is 31.4 Å². The van der Waals surface area contributed by atoms with Gasteiger partial charge in [-0.15, -0.1) is 22.7 Å². The number of hydrogen-bond acceptors (Lipinski definition) is 7. The van der Waals surface area contributed by atoms with Crippen molar-refractivity contribution >= 4 is 39.6 Å². The van der Waals surface area contributed by atoms with Gasteiger partial charge in [-0.1, -0.05) is 19.9 Å². The molecule has 1 aromatic carbocycles. The number of ether oxygens (including phenoxy) is 1. The summed E-state index contributed by atoms with van der Waals surface area (Å²) < 4.78 is 19.9. The van der Waals surface area contributed by atoms with Gasteiger partial charge in [0.25, 0.3) is 0 Å². The number of carboxylic acids is 1. The predicted molar refractivity (Wildman–Crippen MR) is 140 cm³/mol. The maximum atomic E-state index is 14.3. The van der Waals surface area contributed by atoms with E-state index in [4.69, 9.17) is 9.72 Å². The molecule has 0 atom stereocenters. The quantitative estimate of drug-likeness (QED) is 0.242. The van der Waals surface area contributed by atoms with Crippen LogP contribution in [0.1, 0.15) is 42.9 Å². The number of nitrogens with one attached hydrogen (secondary N) is 1. The van der Waals surface area contributed by atoms with Gasteiger partial charge in [0, 0.05) is 27.1 Å². The first-order valence-electron chi connectivity index (χ1n) is 11.2. The van der Waals surface area contributed by atoms with Crippen molar-refractivity contribution in [3.63, 3.8) is 0 Å². The highest BCUT2D eigenvalue weighted by Crippen LogP contribution is 2.37. The summed E-state index contributed by atoms with van der Waals surface area (Å²) in [6.07, 6.45) is 2.25. The molecule has 0 fully saturated rings. The molecule has 4 aromatic rings. The lowest BCUT2D eigenvalue weighted by Crippen LogP contribution is -2.07. The number of halogens is 1. The number of nitrogens with zero attached hydrogens (tertiary/aromatic N) is 2. The third-order valence-electron chi connectivity index (χ3n) is 5.01. The highest BCUT2D eigenvalue weighted by atomic mass is 32.1. The Kier molecular flexibility index (Phi) is 7.47. The number of aromatic carboxylic acids is 1. The van der Waals surface area contributed by atoms with Crippen molar-refractivity contribution in [1.82, 2.24) is 9.97 Å². The van der Waals surface area contributed by atoms with E-state index >= 15 is 0 Å². The number of thiophene rings is 1. The van der Waals surface area contributed by atoms with Gasteiger partial charge in [-0.25, -0.2) is 19.2 Å². The molecular formula is C26H26FN3O3S2. The van der Waals surface area contributed by atoms with E-state index < -0.39 is 11.8 Å². The summed E-state index contributed by atoms with van der Waals surface area (Å²) in [6.45, 7) is 7.92. The Balaban J connectivity index is 1.71. The Morgan fingerprint density at radius 1 is 1.17 bits per heavy atom. The first-order valence-corrected chi connectivity index (χ1v) is 12.9. The zero-order valence-electron chi connectivity index (χ0n) is 19.8. The summed E-state index contributed by atoms with van der Waals surface area (Å²) >= 11 is 2.96. The van der Waals surface area contributed by atoms with Crippen molar-refractivity contribution in [3.8, 4) is 27.4 Å². The summed E-state index contributed by atoms with van der Waals surface area (Å²) in [5.41, 5.74) is 2.26. The van der Waals surface area contributed by atoms with Gasteiger partial charge in [-0.3, -0.25) is 0 Å². The smallest absolute Gasteiger partial charge is 0.339 e. The summed E-state index contributed by atoms with van der Waals surface area (Å²) in [5.74, 6) is -0.743. The second kappa shape index (κ2) is 10.5. The number of carboxylic acid groups (broad SMARTS) is 1. The fourth-order valence-corrected chi connectivity index (χ4v) is 5.44. The van der Waals surface area contributed by atoms with Crippen molar-refractivity contribution in [2.45, 2.75) is 40.2 Å². The zero-order chi connectivity index (χ0) is 25.1. The number of thiazole rings is 1. The summed E-state index contributed by atoms with van der Waals surface area (Å²) in [4.78, 5) is 23.1. The van der Waals surface area contributed by atoms with Gasteiger partial charge in [0.15, 0.2) is 16.7 Å². The van der Waals surface area contributed by atoms with Crippen LogP contribution in [0.25, 0.3) is 21.7 Å². The Labute approximate surface area is 211 Å². The summed E-state index contributed by atoms with van der Waals surface area (Å²) in [6, 6.07) is 10.2. The topological polar surface area (TPSA) is 84.3 Å². The normalized spacial score (nSPS) is 11.3. The number of hydrogen-bond donors (Lipinski definition) is 2. The molecule has 0 amide bonds. The molecule has 35 heavy (non-hydrogen) atoms. The number of carbonyl (C=O) groups is 1. The molecule has 0 unspecified atom stereocenters. The van der Waals surface area contributed by atoms with Gasteiger partial charge in [0.2, 0.25) is 0 Å². The van der Waals surface area contributed by atoms with Crippen LogP contribution in [-0.2, 0) is 6.42 Å². The third-order valence-corrected chi connectivity index (χ3v) is 6.92. The minimum Gasteiger partial charge on any atom is -0.488 e. The first-order chi connectivity index (χ1) is 16.7. The van der Waals surface area contributed by atoms with Gasteiger partial charge in [0.1, 0.15) is 11.4 Å². The molecule has 0 aliphatic heterocycles. The molecule has 4 rings (SSSR count). The first kappa shape index (κ1) is 24.8. The fourth-order valence-electron chi connectivity index (χ4n) is 3.54. The van der Waals surface area contributed by atoms with Crippen LogP contribution in [0.4, 0.5) is 15.3 Å². The second-order valence-corrected chi connectivity index (χ2v) is 10.8. The van der Waals surface area contributed by atoms with Crippen molar-refractivity contribution in [2.24, 2.45) is 5.92 Å². The molecule has 0 radical (unpaired) electrons. The van der Waals surface area contributed by atoms with E-state index in [0.29, 0.717) is 16.7 Å². The molecule has 0 aliphatic carbocycles. The second-order valence-electron chi connectivity index (χ2n) is 8.73. The highest BCUT2D eigenvalue weighted by molar-refractivity contribution is 7.16. The van der Waals surface area contributed by atoms with Gasteiger partial charge in [0.05, 0.1) is 11.8 Å². The van der Waals surface area contributed by atoms with Crippen molar-refractivity contribution in [1.29, 1.82) is 0 Å². The van der Waals surface area contributed by atoms with Crippen LogP contribution in [-0.4, -0.2) is 27.1 Å². The molecule has 0 saturated heterocycles. The van der Waals surface area contributed by atoms with E-state index in [-0.39, 0.29) is 23.2 Å². The standard InChI is InChI=1S/C26H26FN3O3S2/c1-14(2)10-22-23(16-7-8-19(27)20(12-16)33-15(3)4)29-26(35-22)30-24-18(25(31)32)11-17(13-28-24)21-6-5-9-34-21/h5-9,11-15H,10H2,1-4H3,(H,31,32)(H,28,29,30). The van der Waals surface area contributed by atoms with Crippen LogP contribution in [0, 0.1) is 11.7 Å². The fraction of sp³-hybridized carbons (Fsp3) is 0.269. The minimum atomic E-state index is -1.08. The zero-order valence-corrected chi connectivity index (χ0v) is 21.5. The summed E-state index contributed by atoms with van der Waals surface area (Å²) in [5, 5.41) is 15.4. The van der Waals surface area contributed by atoms with Crippen LogP contribution in [0.15, 0.2) is 48.0 Å². The lowest BCUT2D eigenvalue weighted by molar-refractivity contribution is 0.0697. The minimum absolute atomic E-state index is 0.0625. The lowest BCUT2D eigenvalue weighted by Gasteiger charge is -2.12. The van der Waals surface area contributed by atoms with Gasteiger partial charge in [-0.05, 0) is 61.9 Å². The Morgan fingerprint density at radius 2 is 1.97 bits per heavy atom. The molecule has 0 saturated carbocycles. The van der Waals surface area contributed by atoms with Gasteiger partial charge < -0.3 is 15.2 Å². The molecule has 0 aliphatic rings. The average molecular weight is 512 g/mol. The van der Waals surface area contributed by atoms with Gasteiger partial charge in [-0.2, -0.15) is 0 Å². The van der Waals surface area contributed by atoms with E-state index in [1.165, 1.54) is 28.7 Å². The maximum absolute atomic E-state index is 14.3. The van der Waals surface area contributed by atoms with Crippen molar-refractivity contribution in [2.75, 3.05) is 5.32 Å². The van der Waals surface area contributed by atoms with E-state index in [2.05, 4.69) is 24.1 Å². The number of benzene rings is 1. The molecule has 3 heterocycles. The lowest BCUT2D eigenvalue weighted by atomic mass is 10.0. The van der Waals surface area contributed by atoms with Crippen molar-refractivity contribution < 1.29 is 19.0 Å². The Bertz CT molecular complexity index is 1330. The van der Waals surface area contributed by atoms with Crippen LogP contribution in [0.5, 0.6) is 5.75 Å². The molecular weight excluding hydrogens is 485 g/mol. The SMILES string of the molecule is CC(C)Cc1sc(Nc2ncc(-c3cccs3)cc2C(=O)O)nc1-c1ccc(F)c(OC(C)C)c1. The number of aromatic nitrogens is 2. The van der Waals surface area contributed by atoms with Crippen LogP contribution in [0.2, 0.25) is 0 Å². The molecule has 0 bridgehead atoms. The monoisotopic (exact) mass is 511 g/mol. The Morgan fingerprint density at radius 3 is 2.63 bits per heavy atom. The number of anilines is 2. The largest absolute Gasteiger partial charge is 0.488 e. The average Bonchev–Trinajstić information content (AvgIpc) is 3.45. The van der Waals surface area contributed by atoms with Crippen LogP contribution >= 0.6 is 22.7 Å². The molecule has 3 aromatic heterocycles. The van der Waals surface area contributed by atoms with E-state index in [1.54, 1.807) is 24.4 Å².